The molecule has 0 aliphatic heterocycles. The molecular formula is C25H44N2O. The predicted molar refractivity (Wildman–Crippen MR) is 117 cm³/mol. The summed E-state index contributed by atoms with van der Waals surface area (Å²) in [7, 11) is 4.12. The minimum absolute atomic E-state index is 0.101. The zero-order valence-corrected chi connectivity index (χ0v) is 18.6. The zero-order valence-electron chi connectivity index (χ0n) is 21.6. The highest BCUT2D eigenvalue weighted by atomic mass is 16.3. The van der Waals surface area contributed by atoms with Crippen LogP contribution in [0.25, 0.3) is 0 Å². The van der Waals surface area contributed by atoms with Gasteiger partial charge in [-0.2, -0.15) is 0 Å². The molecule has 3 heteroatoms. The van der Waals surface area contributed by atoms with Crippen molar-refractivity contribution in [1.82, 2.24) is 9.80 Å². The van der Waals surface area contributed by atoms with Crippen molar-refractivity contribution in [3.05, 3.63) is 11.6 Å². The van der Waals surface area contributed by atoms with Gasteiger partial charge in [-0.3, -0.25) is 0 Å². The number of hydrogen-bond acceptors (Lipinski definition) is 3. The van der Waals surface area contributed by atoms with E-state index in [2.05, 4.69) is 38.9 Å². The molecule has 0 heterocycles. The van der Waals surface area contributed by atoms with Gasteiger partial charge in [0.2, 0.25) is 0 Å². The van der Waals surface area contributed by atoms with Gasteiger partial charge >= 0.3 is 0 Å². The predicted octanol–water partition coefficient (Wildman–Crippen LogP) is 4.56. The molecule has 0 bridgehead atoms. The third-order valence-corrected chi connectivity index (χ3v) is 9.41. The molecule has 4 aliphatic rings. The molecule has 28 heavy (non-hydrogen) atoms. The number of aliphatic hydroxyl groups is 1. The van der Waals surface area contributed by atoms with Crippen molar-refractivity contribution in [2.75, 3.05) is 34.2 Å². The molecule has 160 valence electrons. The van der Waals surface area contributed by atoms with Crippen molar-refractivity contribution >= 4 is 0 Å². The Morgan fingerprint density at radius 2 is 1.93 bits per heavy atom. The van der Waals surface area contributed by atoms with E-state index in [1.807, 2.05) is 4.90 Å². The van der Waals surface area contributed by atoms with E-state index in [4.69, 9.17) is 4.11 Å². The van der Waals surface area contributed by atoms with Crippen molar-refractivity contribution < 1.29 is 9.22 Å². The minimum atomic E-state index is -2.02. The average Bonchev–Trinajstić information content (AvgIpc) is 3.01. The normalized spacial score (nSPS) is 47.6. The van der Waals surface area contributed by atoms with Gasteiger partial charge in [0.05, 0.1) is 6.10 Å². The van der Waals surface area contributed by atoms with Crippen LogP contribution in [0.4, 0.5) is 0 Å². The topological polar surface area (TPSA) is 26.7 Å². The lowest BCUT2D eigenvalue weighted by Gasteiger charge is -2.58. The van der Waals surface area contributed by atoms with Gasteiger partial charge in [-0.25, -0.2) is 0 Å². The molecule has 0 radical (unpaired) electrons. The van der Waals surface area contributed by atoms with E-state index in [-0.39, 0.29) is 23.0 Å². The first kappa shape index (κ1) is 17.3. The summed E-state index contributed by atoms with van der Waals surface area (Å²) in [6.45, 7) is 4.46. The third-order valence-electron chi connectivity index (χ3n) is 9.41. The molecule has 1 N–H and O–H groups in total. The molecule has 7 atom stereocenters. The number of allylic oxidation sites excluding steroid dienone is 1. The fourth-order valence-corrected chi connectivity index (χ4v) is 7.84. The lowest BCUT2D eigenvalue weighted by Crippen LogP contribution is -2.53. The first-order valence-electron chi connectivity index (χ1n) is 13.3. The third kappa shape index (κ3) is 3.40. The first-order valence-corrected chi connectivity index (χ1v) is 11.8. The van der Waals surface area contributed by atoms with Gasteiger partial charge in [0, 0.05) is 10.2 Å². The maximum atomic E-state index is 10.2. The van der Waals surface area contributed by atoms with Crippen LogP contribution in [-0.4, -0.2) is 61.2 Å². The second-order valence-corrected chi connectivity index (χ2v) is 11.1. The van der Waals surface area contributed by atoms with Gasteiger partial charge in [-0.05, 0) is 121 Å². The molecule has 0 spiro atoms. The molecule has 0 aromatic carbocycles. The summed E-state index contributed by atoms with van der Waals surface area (Å²) in [5.74, 6) is 2.00. The molecule has 0 aromatic rings. The fraction of sp³-hybridized carbons (Fsp3) is 0.920. The Morgan fingerprint density at radius 3 is 2.68 bits per heavy atom. The van der Waals surface area contributed by atoms with E-state index in [0.717, 1.165) is 51.5 Å². The Labute approximate surface area is 177 Å². The molecule has 3 fully saturated rings. The smallest absolute Gasteiger partial charge is 0.0577 e. The maximum Gasteiger partial charge on any atom is 0.0577 e. The molecule has 2 unspecified atom stereocenters. The average molecular weight is 392 g/mol. The quantitative estimate of drug-likeness (QED) is 0.696. The Hall–Kier alpha value is -0.380. The van der Waals surface area contributed by atoms with E-state index in [9.17, 15) is 5.11 Å². The van der Waals surface area contributed by atoms with Gasteiger partial charge in [0.15, 0.2) is 0 Å². The maximum absolute atomic E-state index is 10.2. The molecule has 4 aliphatic carbocycles. The van der Waals surface area contributed by atoms with Gasteiger partial charge in [-0.1, -0.05) is 25.5 Å². The van der Waals surface area contributed by atoms with Gasteiger partial charge in [-0.15, -0.1) is 0 Å². The minimum Gasteiger partial charge on any atom is -0.393 e. The number of aliphatic hydroxyl groups excluding tert-OH is 1. The number of nitrogens with zero attached hydrogens (tertiary/aromatic N) is 2. The van der Waals surface area contributed by atoms with Crippen LogP contribution in [0.5, 0.6) is 0 Å². The highest BCUT2D eigenvalue weighted by Crippen LogP contribution is 2.65. The largest absolute Gasteiger partial charge is 0.393 e. The SMILES string of the molecule is [2H]C([2H])([2H])N(CCCN(C)C)C1CC[C@H]2[C@@H]3CC=C4CC(O)CC[C@]4(C)[C@H]3CC[C@]12C. The Bertz CT molecular complexity index is 693. The molecular weight excluding hydrogens is 344 g/mol. The van der Waals surface area contributed by atoms with Gasteiger partial charge in [0.1, 0.15) is 0 Å². The Morgan fingerprint density at radius 1 is 1.11 bits per heavy atom. The summed E-state index contributed by atoms with van der Waals surface area (Å²) in [6, 6.07) is 0.166. The van der Waals surface area contributed by atoms with E-state index < -0.39 is 6.98 Å². The van der Waals surface area contributed by atoms with Crippen LogP contribution in [-0.2, 0) is 0 Å². The summed E-state index contributed by atoms with van der Waals surface area (Å²) in [5, 5.41) is 10.2. The standard InChI is InChI=1S/C25H44N2O/c1-24-13-11-19(28)17-18(24)7-8-20-21-9-10-23(25(21,2)14-12-22(20)24)27(5)16-6-15-26(3)4/h7,19-23,28H,6,8-17H2,1-5H3/t19?,20-,21-,22-,23?,24-,25-/m0/s1/i5D3. The van der Waals surface area contributed by atoms with Crippen molar-refractivity contribution in [3.63, 3.8) is 0 Å². The van der Waals surface area contributed by atoms with Gasteiger partial charge < -0.3 is 14.9 Å². The number of rotatable bonds is 5. The second-order valence-electron chi connectivity index (χ2n) is 11.1. The van der Waals surface area contributed by atoms with Crippen LogP contribution in [0.3, 0.4) is 0 Å². The Kier molecular flexibility index (Phi) is 4.77. The summed E-state index contributed by atoms with van der Waals surface area (Å²) in [6.07, 6.45) is 11.8. The highest BCUT2D eigenvalue weighted by Gasteiger charge is 2.59. The van der Waals surface area contributed by atoms with E-state index in [0.29, 0.717) is 24.3 Å². The van der Waals surface area contributed by atoms with Crippen LogP contribution in [0.1, 0.15) is 75.7 Å². The van der Waals surface area contributed by atoms with Crippen LogP contribution < -0.4 is 0 Å². The first-order chi connectivity index (χ1) is 14.5. The Balaban J connectivity index is 1.56. The summed E-state index contributed by atoms with van der Waals surface area (Å²) >= 11 is 0. The fourth-order valence-electron chi connectivity index (χ4n) is 7.84. The van der Waals surface area contributed by atoms with Gasteiger partial charge in [0.25, 0.3) is 0 Å². The van der Waals surface area contributed by atoms with Crippen molar-refractivity contribution in [3.8, 4) is 0 Å². The van der Waals surface area contributed by atoms with E-state index in [1.165, 1.54) is 18.4 Å². The van der Waals surface area contributed by atoms with Crippen molar-refractivity contribution in [1.29, 1.82) is 0 Å². The second kappa shape index (κ2) is 7.71. The van der Waals surface area contributed by atoms with Crippen LogP contribution in [0, 0.1) is 28.6 Å². The molecule has 0 amide bonds. The van der Waals surface area contributed by atoms with Crippen LogP contribution in [0.15, 0.2) is 11.6 Å². The molecule has 3 nitrogen and oxygen atoms in total. The summed E-state index contributed by atoms with van der Waals surface area (Å²) < 4.78 is 24.9. The van der Waals surface area contributed by atoms with Crippen molar-refractivity contribution in [2.45, 2.75) is 83.8 Å². The lowest BCUT2D eigenvalue weighted by atomic mass is 9.48. The summed E-state index contributed by atoms with van der Waals surface area (Å²) in [5.41, 5.74) is 1.86. The highest BCUT2D eigenvalue weighted by molar-refractivity contribution is 5.25. The molecule has 0 aromatic heterocycles. The summed E-state index contributed by atoms with van der Waals surface area (Å²) in [4.78, 5) is 4.05. The molecule has 3 saturated carbocycles. The lowest BCUT2D eigenvalue weighted by molar-refractivity contribution is -0.0565. The molecule has 0 saturated heterocycles. The number of hydrogen-bond donors (Lipinski definition) is 1. The van der Waals surface area contributed by atoms with E-state index in [1.54, 1.807) is 0 Å². The van der Waals surface area contributed by atoms with Crippen molar-refractivity contribution in [2.24, 2.45) is 28.6 Å². The number of fused-ring (bicyclic) bond motifs is 5. The zero-order chi connectivity index (χ0) is 22.6. The van der Waals surface area contributed by atoms with Crippen LogP contribution >= 0.6 is 0 Å². The van der Waals surface area contributed by atoms with Crippen LogP contribution in [0.2, 0.25) is 0 Å². The monoisotopic (exact) mass is 391 g/mol. The van der Waals surface area contributed by atoms with E-state index >= 15 is 0 Å². The molecule has 4 rings (SSSR count).